The molecule has 0 spiro atoms. The zero-order chi connectivity index (χ0) is 20.8. The highest BCUT2D eigenvalue weighted by atomic mass is 79.9. The SMILES string of the molecule is CC.COC(=O)c1cc(F)c(N2CCN(C(=O)OC(C)(C)C)CC2)cc1Br. The van der Waals surface area contributed by atoms with E-state index >= 15 is 0 Å². The Morgan fingerprint density at radius 2 is 1.67 bits per heavy atom. The minimum absolute atomic E-state index is 0.135. The maximum absolute atomic E-state index is 14.4. The summed E-state index contributed by atoms with van der Waals surface area (Å²) in [5.74, 6) is -1.11. The molecule has 27 heavy (non-hydrogen) atoms. The summed E-state index contributed by atoms with van der Waals surface area (Å²) in [4.78, 5) is 27.1. The monoisotopic (exact) mass is 446 g/mol. The lowest BCUT2D eigenvalue weighted by molar-refractivity contribution is 0.0240. The van der Waals surface area contributed by atoms with Gasteiger partial charge >= 0.3 is 12.1 Å². The first-order valence-corrected chi connectivity index (χ1v) is 9.72. The predicted octanol–water partition coefficient (Wildman–Crippen LogP) is 4.46. The number of hydrogen-bond acceptors (Lipinski definition) is 5. The number of benzene rings is 1. The summed E-state index contributed by atoms with van der Waals surface area (Å²) < 4.78 is 24.9. The average Bonchev–Trinajstić information content (AvgIpc) is 2.63. The molecule has 0 bridgehead atoms. The fraction of sp³-hybridized carbons (Fsp3) is 0.579. The summed E-state index contributed by atoms with van der Waals surface area (Å²) in [6.07, 6.45) is -0.366. The van der Waals surface area contributed by atoms with Crippen LogP contribution in [-0.4, -0.2) is 55.9 Å². The van der Waals surface area contributed by atoms with E-state index in [1.54, 1.807) is 11.0 Å². The largest absolute Gasteiger partial charge is 0.465 e. The lowest BCUT2D eigenvalue weighted by Crippen LogP contribution is -2.50. The summed E-state index contributed by atoms with van der Waals surface area (Å²) in [5.41, 5.74) is -0.0333. The van der Waals surface area contributed by atoms with Crippen LogP contribution in [0.2, 0.25) is 0 Å². The van der Waals surface area contributed by atoms with Crippen LogP contribution in [0, 0.1) is 5.82 Å². The summed E-state index contributed by atoms with van der Waals surface area (Å²) in [6.45, 7) is 11.3. The highest BCUT2D eigenvalue weighted by molar-refractivity contribution is 9.10. The minimum atomic E-state index is -0.605. The second kappa shape index (κ2) is 9.92. The standard InChI is InChI=1S/C17H22BrFN2O4.C2H6/c1-17(2,3)25-16(23)21-7-5-20(6-8-21)14-10-12(18)11(9-13(14)19)15(22)24-4;1-2/h9-10H,5-8H2,1-4H3;1-2H3. The second-order valence-electron chi connectivity index (χ2n) is 6.73. The van der Waals surface area contributed by atoms with Crippen LogP contribution in [0.15, 0.2) is 16.6 Å². The first-order chi connectivity index (χ1) is 12.6. The first kappa shape index (κ1) is 23.2. The molecule has 1 aromatic carbocycles. The van der Waals surface area contributed by atoms with Crippen molar-refractivity contribution in [2.45, 2.75) is 40.2 Å². The highest BCUT2D eigenvalue weighted by Crippen LogP contribution is 2.29. The zero-order valence-electron chi connectivity index (χ0n) is 16.8. The van der Waals surface area contributed by atoms with E-state index in [4.69, 9.17) is 4.74 Å². The van der Waals surface area contributed by atoms with Crippen molar-refractivity contribution in [1.82, 2.24) is 4.90 Å². The van der Waals surface area contributed by atoms with Gasteiger partial charge in [0.05, 0.1) is 18.4 Å². The molecule has 0 aromatic heterocycles. The van der Waals surface area contributed by atoms with Crippen LogP contribution in [0.1, 0.15) is 45.0 Å². The van der Waals surface area contributed by atoms with Gasteiger partial charge in [0.25, 0.3) is 0 Å². The Kier molecular flexibility index (Phi) is 8.53. The molecule has 8 heteroatoms. The molecule has 6 nitrogen and oxygen atoms in total. The van der Waals surface area contributed by atoms with E-state index in [1.165, 1.54) is 7.11 Å². The van der Waals surface area contributed by atoms with E-state index in [0.29, 0.717) is 36.3 Å². The van der Waals surface area contributed by atoms with Crippen molar-refractivity contribution in [1.29, 1.82) is 0 Å². The molecular formula is C19H28BrFN2O4. The Morgan fingerprint density at radius 3 is 2.15 bits per heavy atom. The number of rotatable bonds is 2. The summed E-state index contributed by atoms with van der Waals surface area (Å²) >= 11 is 3.28. The number of piperazine rings is 1. The molecule has 0 aliphatic carbocycles. The molecule has 1 heterocycles. The quantitative estimate of drug-likeness (QED) is 0.627. The number of ether oxygens (including phenoxy) is 2. The Hall–Kier alpha value is -1.83. The molecule has 1 saturated heterocycles. The third kappa shape index (κ3) is 6.37. The van der Waals surface area contributed by atoms with E-state index in [1.807, 2.05) is 39.5 Å². The lowest BCUT2D eigenvalue weighted by Gasteiger charge is -2.37. The van der Waals surface area contributed by atoms with Gasteiger partial charge in [-0.25, -0.2) is 14.0 Å². The van der Waals surface area contributed by atoms with E-state index in [2.05, 4.69) is 20.7 Å². The number of anilines is 1. The van der Waals surface area contributed by atoms with E-state index in [9.17, 15) is 14.0 Å². The van der Waals surface area contributed by atoms with Crippen LogP contribution in [0.25, 0.3) is 0 Å². The summed E-state index contributed by atoms with van der Waals surface area (Å²) in [5, 5.41) is 0. The minimum Gasteiger partial charge on any atom is -0.465 e. The molecule has 0 radical (unpaired) electrons. The van der Waals surface area contributed by atoms with Crippen LogP contribution >= 0.6 is 15.9 Å². The van der Waals surface area contributed by atoms with Gasteiger partial charge in [0.1, 0.15) is 11.4 Å². The van der Waals surface area contributed by atoms with Crippen molar-refractivity contribution in [3.63, 3.8) is 0 Å². The van der Waals surface area contributed by atoms with Crippen molar-refractivity contribution >= 4 is 33.7 Å². The van der Waals surface area contributed by atoms with Gasteiger partial charge in [0, 0.05) is 30.7 Å². The fourth-order valence-corrected chi connectivity index (χ4v) is 2.99. The van der Waals surface area contributed by atoms with Gasteiger partial charge in [0.15, 0.2) is 0 Å². The van der Waals surface area contributed by atoms with Gasteiger partial charge in [-0.1, -0.05) is 13.8 Å². The summed E-state index contributed by atoms with van der Waals surface area (Å²) in [6, 6.07) is 2.72. The van der Waals surface area contributed by atoms with E-state index < -0.39 is 17.4 Å². The number of nitrogens with zero attached hydrogens (tertiary/aromatic N) is 2. The van der Waals surface area contributed by atoms with Gasteiger partial charge < -0.3 is 19.3 Å². The molecule has 1 aromatic rings. The Bertz CT molecular complexity index is 668. The topological polar surface area (TPSA) is 59.1 Å². The second-order valence-corrected chi connectivity index (χ2v) is 7.58. The Morgan fingerprint density at radius 1 is 1.11 bits per heavy atom. The van der Waals surface area contributed by atoms with Crippen LogP contribution in [-0.2, 0) is 9.47 Å². The molecule has 1 aliphatic rings. The summed E-state index contributed by atoms with van der Waals surface area (Å²) in [7, 11) is 1.25. The first-order valence-electron chi connectivity index (χ1n) is 8.92. The number of carbonyl (C=O) groups excluding carboxylic acids is 2. The number of halogens is 2. The third-order valence-electron chi connectivity index (χ3n) is 3.71. The van der Waals surface area contributed by atoms with Crippen molar-refractivity contribution in [2.24, 2.45) is 0 Å². The predicted molar refractivity (Wildman–Crippen MR) is 107 cm³/mol. The zero-order valence-corrected chi connectivity index (χ0v) is 18.4. The number of amides is 1. The van der Waals surface area contributed by atoms with Gasteiger partial charge in [-0.05, 0) is 48.8 Å². The molecule has 1 fully saturated rings. The molecule has 0 saturated carbocycles. The maximum atomic E-state index is 14.4. The lowest BCUT2D eigenvalue weighted by atomic mass is 10.1. The van der Waals surface area contributed by atoms with Gasteiger partial charge in [-0.2, -0.15) is 0 Å². The van der Waals surface area contributed by atoms with E-state index in [0.717, 1.165) is 6.07 Å². The van der Waals surface area contributed by atoms with Crippen LogP contribution in [0.3, 0.4) is 0 Å². The molecule has 152 valence electrons. The molecule has 0 N–H and O–H groups in total. The van der Waals surface area contributed by atoms with Crippen LogP contribution in [0.4, 0.5) is 14.9 Å². The fourth-order valence-electron chi connectivity index (χ4n) is 2.50. The van der Waals surface area contributed by atoms with Gasteiger partial charge in [-0.3, -0.25) is 0 Å². The molecular weight excluding hydrogens is 419 g/mol. The molecule has 0 unspecified atom stereocenters. The van der Waals surface area contributed by atoms with Gasteiger partial charge in [-0.15, -0.1) is 0 Å². The van der Waals surface area contributed by atoms with Crippen molar-refractivity contribution in [3.8, 4) is 0 Å². The average molecular weight is 447 g/mol. The maximum Gasteiger partial charge on any atom is 0.410 e. The molecule has 2 rings (SSSR count). The molecule has 0 atom stereocenters. The third-order valence-corrected chi connectivity index (χ3v) is 4.37. The van der Waals surface area contributed by atoms with Crippen LogP contribution < -0.4 is 4.90 Å². The van der Waals surface area contributed by atoms with Crippen molar-refractivity contribution in [3.05, 3.63) is 28.0 Å². The smallest absolute Gasteiger partial charge is 0.410 e. The normalized spacial score (nSPS) is 14.2. The Balaban J connectivity index is 0.00000176. The number of carbonyl (C=O) groups is 2. The van der Waals surface area contributed by atoms with Gasteiger partial charge in [0.2, 0.25) is 0 Å². The number of esters is 1. The Labute approximate surface area is 168 Å². The highest BCUT2D eigenvalue weighted by Gasteiger charge is 2.27. The van der Waals surface area contributed by atoms with E-state index in [-0.39, 0.29) is 11.7 Å². The van der Waals surface area contributed by atoms with Crippen molar-refractivity contribution < 1.29 is 23.5 Å². The number of methoxy groups -OCH3 is 1. The van der Waals surface area contributed by atoms with Crippen LogP contribution in [0.5, 0.6) is 0 Å². The molecule has 1 amide bonds. The number of hydrogen-bond donors (Lipinski definition) is 0. The molecule has 1 aliphatic heterocycles. The van der Waals surface area contributed by atoms with Crippen molar-refractivity contribution in [2.75, 3.05) is 38.2 Å².